The fourth-order valence-electron chi connectivity index (χ4n) is 2.35. The molecule has 17 heavy (non-hydrogen) atoms. The van der Waals surface area contributed by atoms with Crippen molar-refractivity contribution in [3.63, 3.8) is 0 Å². The van der Waals surface area contributed by atoms with Crippen LogP contribution >= 0.6 is 0 Å². The standard InChI is InChI=1S/C13H14N2O2/c14-9-11-7-4-8-15(11)12(13(16)17)10-5-2-1-3-6-10/h1-3,5-6,11-12H,4,7-8H2,(H,16,17). The highest BCUT2D eigenvalue weighted by molar-refractivity contribution is 5.75. The van der Waals surface area contributed by atoms with E-state index in [1.165, 1.54) is 0 Å². The van der Waals surface area contributed by atoms with Crippen LogP contribution in [0.1, 0.15) is 24.4 Å². The Morgan fingerprint density at radius 2 is 2.18 bits per heavy atom. The second-order valence-corrected chi connectivity index (χ2v) is 4.18. The van der Waals surface area contributed by atoms with Crippen molar-refractivity contribution in [1.82, 2.24) is 4.90 Å². The van der Waals surface area contributed by atoms with Crippen molar-refractivity contribution in [2.45, 2.75) is 24.9 Å². The maximum absolute atomic E-state index is 11.4. The van der Waals surface area contributed by atoms with Gasteiger partial charge in [0, 0.05) is 6.54 Å². The van der Waals surface area contributed by atoms with Gasteiger partial charge in [-0.25, -0.2) is 0 Å². The van der Waals surface area contributed by atoms with Crippen molar-refractivity contribution in [3.05, 3.63) is 35.9 Å². The summed E-state index contributed by atoms with van der Waals surface area (Å²) in [6.07, 6.45) is 1.64. The van der Waals surface area contributed by atoms with Gasteiger partial charge < -0.3 is 5.11 Å². The van der Waals surface area contributed by atoms with Crippen LogP contribution in [0.25, 0.3) is 0 Å². The number of hydrogen-bond acceptors (Lipinski definition) is 3. The SMILES string of the molecule is N#CC1CCCN1C(C(=O)O)c1ccccc1. The molecule has 4 heteroatoms. The van der Waals surface area contributed by atoms with E-state index >= 15 is 0 Å². The molecule has 1 fully saturated rings. The fraction of sp³-hybridized carbons (Fsp3) is 0.385. The van der Waals surface area contributed by atoms with Crippen molar-refractivity contribution in [2.75, 3.05) is 6.54 Å². The number of benzene rings is 1. The first kappa shape index (κ1) is 11.6. The number of carboxylic acids is 1. The van der Waals surface area contributed by atoms with Crippen LogP contribution in [0.2, 0.25) is 0 Å². The number of carbonyl (C=O) groups is 1. The van der Waals surface area contributed by atoms with Crippen LogP contribution in [-0.2, 0) is 4.79 Å². The Morgan fingerprint density at radius 3 is 2.76 bits per heavy atom. The molecule has 0 bridgehead atoms. The number of likely N-dealkylation sites (tertiary alicyclic amines) is 1. The number of nitrogens with zero attached hydrogens (tertiary/aromatic N) is 2. The van der Waals surface area contributed by atoms with Gasteiger partial charge in [0.25, 0.3) is 0 Å². The third-order valence-electron chi connectivity index (χ3n) is 3.12. The van der Waals surface area contributed by atoms with Gasteiger partial charge in [0.05, 0.1) is 12.1 Å². The molecule has 2 rings (SSSR count). The monoisotopic (exact) mass is 230 g/mol. The molecule has 0 saturated carbocycles. The molecule has 0 aliphatic carbocycles. The number of nitriles is 1. The van der Waals surface area contributed by atoms with Gasteiger partial charge >= 0.3 is 5.97 Å². The molecule has 88 valence electrons. The predicted molar refractivity (Wildman–Crippen MR) is 62.2 cm³/mol. The van der Waals surface area contributed by atoms with E-state index in [1.807, 2.05) is 18.2 Å². The summed E-state index contributed by atoms with van der Waals surface area (Å²) in [5.74, 6) is -0.890. The summed E-state index contributed by atoms with van der Waals surface area (Å²) >= 11 is 0. The van der Waals surface area contributed by atoms with E-state index in [9.17, 15) is 9.90 Å². The summed E-state index contributed by atoms with van der Waals surface area (Å²) in [4.78, 5) is 13.2. The Hall–Kier alpha value is -1.86. The van der Waals surface area contributed by atoms with Crippen LogP contribution in [0.5, 0.6) is 0 Å². The van der Waals surface area contributed by atoms with Crippen LogP contribution in [0, 0.1) is 11.3 Å². The van der Waals surface area contributed by atoms with Gasteiger partial charge in [-0.05, 0) is 18.4 Å². The quantitative estimate of drug-likeness (QED) is 0.860. The smallest absolute Gasteiger partial charge is 0.325 e. The first-order chi connectivity index (χ1) is 8.24. The summed E-state index contributed by atoms with van der Waals surface area (Å²) < 4.78 is 0. The molecule has 2 atom stereocenters. The zero-order chi connectivity index (χ0) is 12.3. The summed E-state index contributed by atoms with van der Waals surface area (Å²) in [6.45, 7) is 0.671. The van der Waals surface area contributed by atoms with Gasteiger partial charge in [0.15, 0.2) is 0 Å². The van der Waals surface area contributed by atoms with Gasteiger partial charge in [-0.3, -0.25) is 9.69 Å². The predicted octanol–water partition coefficient (Wildman–Crippen LogP) is 1.80. The van der Waals surface area contributed by atoms with E-state index in [0.29, 0.717) is 6.54 Å². The third kappa shape index (κ3) is 2.29. The van der Waals surface area contributed by atoms with Gasteiger partial charge in [0.1, 0.15) is 6.04 Å². The van der Waals surface area contributed by atoms with E-state index in [2.05, 4.69) is 6.07 Å². The minimum atomic E-state index is -0.890. The largest absolute Gasteiger partial charge is 0.480 e. The zero-order valence-electron chi connectivity index (χ0n) is 9.41. The highest BCUT2D eigenvalue weighted by Gasteiger charge is 2.35. The fourth-order valence-corrected chi connectivity index (χ4v) is 2.35. The average molecular weight is 230 g/mol. The zero-order valence-corrected chi connectivity index (χ0v) is 9.41. The molecule has 1 heterocycles. The van der Waals surface area contributed by atoms with Gasteiger partial charge in [-0.1, -0.05) is 30.3 Å². The molecule has 1 aromatic carbocycles. The molecule has 2 unspecified atom stereocenters. The van der Waals surface area contributed by atoms with Crippen molar-refractivity contribution in [1.29, 1.82) is 5.26 Å². The molecule has 0 radical (unpaired) electrons. The maximum Gasteiger partial charge on any atom is 0.325 e. The molecule has 0 aromatic heterocycles. The lowest BCUT2D eigenvalue weighted by Crippen LogP contribution is -2.37. The number of aliphatic carboxylic acids is 1. The Bertz CT molecular complexity index is 438. The lowest BCUT2D eigenvalue weighted by Gasteiger charge is -2.26. The molecule has 0 amide bonds. The lowest BCUT2D eigenvalue weighted by molar-refractivity contribution is -0.143. The number of carboxylic acid groups (broad SMARTS) is 1. The Kier molecular flexibility index (Phi) is 3.40. The number of rotatable bonds is 3. The van der Waals surface area contributed by atoms with Crippen LogP contribution in [-0.4, -0.2) is 28.6 Å². The van der Waals surface area contributed by atoms with Crippen molar-refractivity contribution < 1.29 is 9.90 Å². The van der Waals surface area contributed by atoms with E-state index in [1.54, 1.807) is 17.0 Å². The highest BCUT2D eigenvalue weighted by atomic mass is 16.4. The molecule has 1 aliphatic rings. The molecule has 1 saturated heterocycles. The van der Waals surface area contributed by atoms with Crippen LogP contribution in [0.15, 0.2) is 30.3 Å². The summed E-state index contributed by atoms with van der Waals surface area (Å²) in [5, 5.41) is 18.4. The summed E-state index contributed by atoms with van der Waals surface area (Å²) in [7, 11) is 0. The molecular weight excluding hydrogens is 216 g/mol. The van der Waals surface area contributed by atoms with Crippen LogP contribution in [0.4, 0.5) is 0 Å². The Morgan fingerprint density at radius 1 is 1.47 bits per heavy atom. The Balaban J connectivity index is 2.31. The second kappa shape index (κ2) is 4.98. The van der Waals surface area contributed by atoms with E-state index in [-0.39, 0.29) is 6.04 Å². The minimum absolute atomic E-state index is 0.281. The summed E-state index contributed by atoms with van der Waals surface area (Å²) in [5.41, 5.74) is 0.738. The van der Waals surface area contributed by atoms with Gasteiger partial charge in [-0.2, -0.15) is 5.26 Å². The van der Waals surface area contributed by atoms with Crippen molar-refractivity contribution in [3.8, 4) is 6.07 Å². The first-order valence-electron chi connectivity index (χ1n) is 5.67. The third-order valence-corrected chi connectivity index (χ3v) is 3.12. The molecule has 0 spiro atoms. The van der Waals surface area contributed by atoms with E-state index < -0.39 is 12.0 Å². The van der Waals surface area contributed by atoms with E-state index in [0.717, 1.165) is 18.4 Å². The topological polar surface area (TPSA) is 64.3 Å². The molecule has 1 aromatic rings. The van der Waals surface area contributed by atoms with Crippen molar-refractivity contribution >= 4 is 5.97 Å². The molecule has 4 nitrogen and oxygen atoms in total. The minimum Gasteiger partial charge on any atom is -0.480 e. The van der Waals surface area contributed by atoms with Crippen molar-refractivity contribution in [2.24, 2.45) is 0 Å². The van der Waals surface area contributed by atoms with Gasteiger partial charge in [-0.15, -0.1) is 0 Å². The summed E-state index contributed by atoms with van der Waals surface area (Å²) in [6, 6.07) is 10.3. The number of hydrogen-bond donors (Lipinski definition) is 1. The highest BCUT2D eigenvalue weighted by Crippen LogP contribution is 2.29. The maximum atomic E-state index is 11.4. The van der Waals surface area contributed by atoms with E-state index in [4.69, 9.17) is 5.26 Å². The van der Waals surface area contributed by atoms with Crippen LogP contribution in [0.3, 0.4) is 0 Å². The van der Waals surface area contributed by atoms with Crippen LogP contribution < -0.4 is 0 Å². The Labute approximate surface area is 100 Å². The first-order valence-corrected chi connectivity index (χ1v) is 5.67. The molecule has 1 aliphatic heterocycles. The second-order valence-electron chi connectivity index (χ2n) is 4.18. The lowest BCUT2D eigenvalue weighted by atomic mass is 10.0. The normalized spacial score (nSPS) is 21.9. The van der Waals surface area contributed by atoms with Gasteiger partial charge in [0.2, 0.25) is 0 Å². The molecular formula is C13H14N2O2. The average Bonchev–Trinajstić information content (AvgIpc) is 2.78. The molecule has 1 N–H and O–H groups in total.